The van der Waals surface area contributed by atoms with Crippen LogP contribution in [0.1, 0.15) is 0 Å². The van der Waals surface area contributed by atoms with Crippen LogP contribution in [0.5, 0.6) is 0 Å². The van der Waals surface area contributed by atoms with Crippen molar-refractivity contribution in [3.8, 4) is 0 Å². The summed E-state index contributed by atoms with van der Waals surface area (Å²) in [7, 11) is 0. The fourth-order valence-electron chi connectivity index (χ4n) is 1.30. The molecule has 0 spiro atoms. The third kappa shape index (κ3) is 0.116. The molecule has 7 heavy (non-hydrogen) atoms. The van der Waals surface area contributed by atoms with Gasteiger partial charge in [-0.2, -0.15) is 0 Å². The van der Waals surface area contributed by atoms with E-state index in [2.05, 4.69) is 4.90 Å². The van der Waals surface area contributed by atoms with Gasteiger partial charge in [0, 0.05) is 0 Å². The number of carbonyl (C=O) groups excluding carboxylic acids is 1. The van der Waals surface area contributed by atoms with Gasteiger partial charge in [0.05, 0.1) is 6.04 Å². The van der Waals surface area contributed by atoms with E-state index in [1.54, 1.807) is 0 Å². The van der Waals surface area contributed by atoms with Crippen LogP contribution < -0.4 is 0 Å². The van der Waals surface area contributed by atoms with E-state index in [1.165, 1.54) is 0 Å². The van der Waals surface area contributed by atoms with Crippen molar-refractivity contribution in [2.75, 3.05) is 0 Å². The smallest absolute Gasteiger partial charge is 0.326 e. The first-order valence-electron chi connectivity index (χ1n) is 2.37. The van der Waals surface area contributed by atoms with E-state index in [4.69, 9.17) is 4.74 Å². The van der Waals surface area contributed by atoms with Gasteiger partial charge in [0.2, 0.25) is 0 Å². The van der Waals surface area contributed by atoms with Crippen LogP contribution in [-0.2, 0) is 9.53 Å². The molecule has 4 unspecified atom stereocenters. The molecule has 4 rings (SSSR count). The van der Waals surface area contributed by atoms with Gasteiger partial charge in [-0.15, -0.1) is 0 Å². The molecule has 0 amide bonds. The number of ether oxygens (including phenoxy) is 1. The molecule has 0 aromatic heterocycles. The summed E-state index contributed by atoms with van der Waals surface area (Å²) < 4.78 is 4.76. The fraction of sp³-hybridized carbons (Fsp3) is 0.750. The van der Waals surface area contributed by atoms with Crippen LogP contribution in [0.2, 0.25) is 0 Å². The van der Waals surface area contributed by atoms with Crippen LogP contribution in [0.3, 0.4) is 0 Å². The summed E-state index contributed by atoms with van der Waals surface area (Å²) in [4.78, 5) is 12.4. The molecule has 0 aromatic rings. The monoisotopic (exact) mass is 97.0 g/mol. The highest BCUT2D eigenvalue weighted by molar-refractivity contribution is 5.88. The number of rotatable bonds is 0. The average Bonchev–Trinajstić information content (AvgIpc) is 2.41. The topological polar surface area (TPSA) is 29.3 Å². The molecule has 4 aliphatic heterocycles. The van der Waals surface area contributed by atoms with Crippen molar-refractivity contribution in [3.05, 3.63) is 0 Å². The third-order valence-corrected chi connectivity index (χ3v) is 1.87. The second kappa shape index (κ2) is 0.448. The molecule has 3 nitrogen and oxygen atoms in total. The maximum absolute atomic E-state index is 10.4. The minimum atomic E-state index is -0.00463. The number of hydrogen-bond acceptors (Lipinski definition) is 3. The van der Waals surface area contributed by atoms with Crippen molar-refractivity contribution < 1.29 is 9.53 Å². The maximum Gasteiger partial charge on any atom is 0.326 e. The molecular formula is C4H3NO2. The molecule has 0 N–H and O–H groups in total. The van der Waals surface area contributed by atoms with Gasteiger partial charge in [0.1, 0.15) is 6.04 Å². The fourth-order valence-corrected chi connectivity index (χ4v) is 1.30. The third-order valence-electron chi connectivity index (χ3n) is 1.87. The van der Waals surface area contributed by atoms with E-state index in [0.29, 0.717) is 6.04 Å². The zero-order valence-corrected chi connectivity index (χ0v) is 3.50. The Hall–Kier alpha value is -0.570. The van der Waals surface area contributed by atoms with Gasteiger partial charge in [-0.05, 0) is 0 Å². The van der Waals surface area contributed by atoms with Crippen LogP contribution in [0.15, 0.2) is 0 Å². The van der Waals surface area contributed by atoms with Gasteiger partial charge >= 0.3 is 5.97 Å². The SMILES string of the molecule is O=C1OC2C3C1N23. The first-order chi connectivity index (χ1) is 3.39. The molecule has 4 heterocycles. The van der Waals surface area contributed by atoms with Crippen LogP contribution in [0.4, 0.5) is 0 Å². The van der Waals surface area contributed by atoms with Gasteiger partial charge in [-0.25, -0.2) is 4.90 Å². The first kappa shape index (κ1) is 2.67. The number of nitrogens with zero attached hydrogens (tertiary/aromatic N) is 1. The Bertz CT molecular complexity index is 150. The highest BCUT2D eigenvalue weighted by Gasteiger charge is 2.83. The predicted octanol–water partition coefficient (Wildman–Crippen LogP) is -1.06. The molecule has 0 aliphatic carbocycles. The highest BCUT2D eigenvalue weighted by atomic mass is 16.6. The average molecular weight is 97.1 g/mol. The summed E-state index contributed by atoms with van der Waals surface area (Å²) in [6.45, 7) is 0. The standard InChI is InChI=1S/C4H3NO2/c6-4-2-1-3(7-4)5(1)2/h1-3H. The zero-order chi connectivity index (χ0) is 4.59. The van der Waals surface area contributed by atoms with Crippen molar-refractivity contribution >= 4 is 5.97 Å². The molecule has 0 radical (unpaired) electrons. The summed E-state index contributed by atoms with van der Waals surface area (Å²) in [5.41, 5.74) is 0. The molecule has 0 aromatic carbocycles. The Morgan fingerprint density at radius 2 is 2.43 bits per heavy atom. The van der Waals surface area contributed by atoms with E-state index in [1.807, 2.05) is 0 Å². The Morgan fingerprint density at radius 1 is 1.71 bits per heavy atom. The van der Waals surface area contributed by atoms with E-state index < -0.39 is 0 Å². The molecule has 4 saturated heterocycles. The minimum absolute atomic E-state index is 0.00463. The Balaban J connectivity index is 2.20. The van der Waals surface area contributed by atoms with E-state index >= 15 is 0 Å². The normalized spacial score (nSPS) is 69.4. The van der Waals surface area contributed by atoms with Crippen LogP contribution in [-0.4, -0.2) is 29.2 Å². The van der Waals surface area contributed by atoms with E-state index in [0.717, 1.165) is 0 Å². The van der Waals surface area contributed by atoms with Crippen molar-refractivity contribution in [2.24, 2.45) is 0 Å². The summed E-state index contributed by atoms with van der Waals surface area (Å²) in [5.74, 6) is -0.00463. The lowest BCUT2D eigenvalue weighted by atomic mass is 10.3. The van der Waals surface area contributed by atoms with Gasteiger partial charge in [0.15, 0.2) is 6.23 Å². The van der Waals surface area contributed by atoms with E-state index in [9.17, 15) is 4.79 Å². The molecule has 36 valence electrons. The van der Waals surface area contributed by atoms with E-state index in [-0.39, 0.29) is 18.2 Å². The van der Waals surface area contributed by atoms with Crippen LogP contribution in [0, 0.1) is 0 Å². The molecular weight excluding hydrogens is 94.0 g/mol. The summed E-state index contributed by atoms with van der Waals surface area (Å²) in [5, 5.41) is 0. The minimum Gasteiger partial charge on any atom is -0.443 e. The number of esters is 1. The summed E-state index contributed by atoms with van der Waals surface area (Å²) in [6, 6.07) is 0.748. The van der Waals surface area contributed by atoms with Gasteiger partial charge < -0.3 is 4.74 Å². The first-order valence-corrected chi connectivity index (χ1v) is 2.37. The second-order valence-corrected chi connectivity index (χ2v) is 2.21. The molecule has 4 atom stereocenters. The molecule has 4 aliphatic rings. The van der Waals surface area contributed by atoms with Gasteiger partial charge in [-0.3, -0.25) is 4.79 Å². The number of hydrogen-bond donors (Lipinski definition) is 0. The lowest BCUT2D eigenvalue weighted by molar-refractivity contribution is -0.137. The summed E-state index contributed by atoms with van der Waals surface area (Å²) in [6.07, 6.45) is 0.234. The number of fused-ring (bicyclic) bond motifs is 1. The van der Waals surface area contributed by atoms with Crippen molar-refractivity contribution in [1.82, 2.24) is 4.90 Å². The van der Waals surface area contributed by atoms with Crippen molar-refractivity contribution in [3.63, 3.8) is 0 Å². The lowest BCUT2D eigenvalue weighted by Gasteiger charge is -1.81. The largest absolute Gasteiger partial charge is 0.443 e. The van der Waals surface area contributed by atoms with Crippen molar-refractivity contribution in [2.45, 2.75) is 18.3 Å². The van der Waals surface area contributed by atoms with Crippen molar-refractivity contribution in [1.29, 1.82) is 0 Å². The zero-order valence-electron chi connectivity index (χ0n) is 3.50. The highest BCUT2D eigenvalue weighted by Crippen LogP contribution is 2.58. The molecule has 2 bridgehead atoms. The van der Waals surface area contributed by atoms with Gasteiger partial charge in [-0.1, -0.05) is 0 Å². The summed E-state index contributed by atoms with van der Waals surface area (Å²) >= 11 is 0. The van der Waals surface area contributed by atoms with Gasteiger partial charge in [0.25, 0.3) is 0 Å². The molecule has 4 fully saturated rings. The predicted molar refractivity (Wildman–Crippen MR) is 19.3 cm³/mol. The Kier molecular flexibility index (Phi) is 0.171. The van der Waals surface area contributed by atoms with Crippen LogP contribution in [0.25, 0.3) is 0 Å². The van der Waals surface area contributed by atoms with Crippen LogP contribution >= 0.6 is 0 Å². The number of carbonyl (C=O) groups is 1. The number of morpholine rings is 1. The Labute approximate surface area is 39.9 Å². The quantitative estimate of drug-likeness (QED) is 0.285. The Morgan fingerprint density at radius 3 is 2.57 bits per heavy atom. The molecule has 3 heteroatoms. The lowest BCUT2D eigenvalue weighted by Crippen LogP contribution is -2.05. The molecule has 0 saturated carbocycles. The second-order valence-electron chi connectivity index (χ2n) is 2.21. The maximum atomic E-state index is 10.4.